The molecule has 3 aromatic rings. The molecule has 222 valence electrons. The Balaban J connectivity index is 1.53. The van der Waals surface area contributed by atoms with E-state index in [1.807, 2.05) is 49.9 Å². The standard InChI is InChI=1S/C31H37ClN6O4/c1-20(2)42-31(40)38-12-10-37(11-13-38)17-26-23-8-7-22(32)15-24(23)25(14-21-6-5-9-34-29(21)26)30(35-28(39)18-41-4)27-16-33-19-36(27)3/h5-9,14-16,19-20,26,30H,10-13,17-18H2,1-4H3,(H,35,39)/t26-,30+/m0/s1. The summed E-state index contributed by atoms with van der Waals surface area (Å²) in [6, 6.07) is 9.40. The third-order valence-corrected chi connectivity index (χ3v) is 7.90. The number of aromatic nitrogens is 3. The highest BCUT2D eigenvalue weighted by Gasteiger charge is 2.33. The van der Waals surface area contributed by atoms with Crippen molar-refractivity contribution < 1.29 is 19.1 Å². The lowest BCUT2D eigenvalue weighted by atomic mass is 9.87. The molecule has 0 unspecified atom stereocenters. The summed E-state index contributed by atoms with van der Waals surface area (Å²) in [5.41, 5.74) is 5.64. The molecule has 2 aliphatic rings. The lowest BCUT2D eigenvalue weighted by Gasteiger charge is -2.36. The second-order valence-electron chi connectivity index (χ2n) is 10.9. The van der Waals surface area contributed by atoms with Crippen molar-refractivity contribution in [3.05, 3.63) is 82.2 Å². The molecule has 1 N–H and O–H groups in total. The number of aryl methyl sites for hydroxylation is 1. The van der Waals surface area contributed by atoms with Crippen LogP contribution in [-0.4, -0.2) is 88.9 Å². The van der Waals surface area contributed by atoms with Crippen LogP contribution in [0.15, 0.2) is 49.1 Å². The number of benzene rings is 1. The van der Waals surface area contributed by atoms with Gasteiger partial charge < -0.3 is 24.3 Å². The maximum absolute atomic E-state index is 12.9. The van der Waals surface area contributed by atoms with Gasteiger partial charge in [-0.2, -0.15) is 0 Å². The summed E-state index contributed by atoms with van der Waals surface area (Å²) < 4.78 is 12.4. The predicted molar refractivity (Wildman–Crippen MR) is 161 cm³/mol. The largest absolute Gasteiger partial charge is 0.447 e. The monoisotopic (exact) mass is 592 g/mol. The molecule has 0 bridgehead atoms. The van der Waals surface area contributed by atoms with Gasteiger partial charge in [-0.1, -0.05) is 23.7 Å². The van der Waals surface area contributed by atoms with Crippen LogP contribution < -0.4 is 5.32 Å². The summed E-state index contributed by atoms with van der Waals surface area (Å²) in [5.74, 6) is -0.313. The van der Waals surface area contributed by atoms with Gasteiger partial charge in [-0.15, -0.1) is 0 Å². The number of pyridine rings is 1. The van der Waals surface area contributed by atoms with Crippen LogP contribution in [0.1, 0.15) is 53.9 Å². The molecule has 5 rings (SSSR count). The van der Waals surface area contributed by atoms with E-state index in [1.54, 1.807) is 17.4 Å². The Morgan fingerprint density at radius 2 is 1.95 bits per heavy atom. The summed E-state index contributed by atoms with van der Waals surface area (Å²) in [5, 5.41) is 3.76. The molecule has 0 saturated carbocycles. The zero-order valence-corrected chi connectivity index (χ0v) is 25.2. The first-order chi connectivity index (χ1) is 20.2. The Kier molecular flexibility index (Phi) is 9.25. The molecule has 1 aliphatic heterocycles. The number of imidazole rings is 1. The van der Waals surface area contributed by atoms with Gasteiger partial charge in [-0.25, -0.2) is 9.78 Å². The summed E-state index contributed by atoms with van der Waals surface area (Å²) in [4.78, 5) is 38.7. The van der Waals surface area contributed by atoms with Crippen molar-refractivity contribution in [2.24, 2.45) is 7.05 Å². The maximum Gasteiger partial charge on any atom is 0.410 e. The minimum Gasteiger partial charge on any atom is -0.447 e. The number of fused-ring (bicyclic) bond motifs is 2. The van der Waals surface area contributed by atoms with Gasteiger partial charge in [0.15, 0.2) is 0 Å². The van der Waals surface area contributed by atoms with Crippen LogP contribution in [0.5, 0.6) is 0 Å². The molecule has 11 heteroatoms. The van der Waals surface area contributed by atoms with E-state index in [0.717, 1.165) is 46.7 Å². The molecule has 3 heterocycles. The molecule has 1 aliphatic carbocycles. The molecule has 1 saturated heterocycles. The predicted octanol–water partition coefficient (Wildman–Crippen LogP) is 4.12. The van der Waals surface area contributed by atoms with E-state index in [1.165, 1.54) is 7.11 Å². The molecule has 2 atom stereocenters. The van der Waals surface area contributed by atoms with Gasteiger partial charge in [0.25, 0.3) is 0 Å². The van der Waals surface area contributed by atoms with E-state index in [-0.39, 0.29) is 30.6 Å². The van der Waals surface area contributed by atoms with Crippen LogP contribution in [0.4, 0.5) is 4.79 Å². The van der Waals surface area contributed by atoms with E-state index in [9.17, 15) is 9.59 Å². The molecule has 2 amide bonds. The van der Waals surface area contributed by atoms with E-state index >= 15 is 0 Å². The Morgan fingerprint density at radius 1 is 1.17 bits per heavy atom. The number of nitrogens with one attached hydrogen (secondary N) is 1. The van der Waals surface area contributed by atoms with Crippen LogP contribution in [-0.2, 0) is 21.3 Å². The number of carbonyl (C=O) groups excluding carboxylic acids is 2. The molecular weight excluding hydrogens is 556 g/mol. The van der Waals surface area contributed by atoms with Crippen LogP contribution in [0.2, 0.25) is 5.02 Å². The highest BCUT2D eigenvalue weighted by atomic mass is 35.5. The van der Waals surface area contributed by atoms with E-state index < -0.39 is 6.04 Å². The molecule has 10 nitrogen and oxygen atoms in total. The molecule has 0 radical (unpaired) electrons. The number of carbonyl (C=O) groups is 2. The number of nitrogens with zero attached hydrogens (tertiary/aromatic N) is 5. The van der Waals surface area contributed by atoms with E-state index in [4.69, 9.17) is 26.1 Å². The van der Waals surface area contributed by atoms with Crippen LogP contribution >= 0.6 is 11.6 Å². The first-order valence-corrected chi connectivity index (χ1v) is 14.5. The Bertz CT molecular complexity index is 1460. The lowest BCUT2D eigenvalue weighted by Crippen LogP contribution is -2.50. The average Bonchev–Trinajstić information content (AvgIpc) is 3.34. The maximum atomic E-state index is 12.9. The third-order valence-electron chi connectivity index (χ3n) is 7.66. The number of rotatable bonds is 8. The highest BCUT2D eigenvalue weighted by molar-refractivity contribution is 6.30. The summed E-state index contributed by atoms with van der Waals surface area (Å²) in [6.07, 6.45) is 6.98. The first kappa shape index (κ1) is 29.8. The van der Waals surface area contributed by atoms with Crippen molar-refractivity contribution in [1.29, 1.82) is 0 Å². The van der Waals surface area contributed by atoms with Gasteiger partial charge in [0.1, 0.15) is 6.61 Å². The van der Waals surface area contributed by atoms with Crippen molar-refractivity contribution in [3.63, 3.8) is 0 Å². The minimum atomic E-state index is -0.514. The Morgan fingerprint density at radius 3 is 2.64 bits per heavy atom. The zero-order valence-electron chi connectivity index (χ0n) is 24.4. The Hall–Kier alpha value is -3.73. The van der Waals surface area contributed by atoms with Crippen LogP contribution in [0.3, 0.4) is 0 Å². The molecule has 1 fully saturated rings. The van der Waals surface area contributed by atoms with Gasteiger partial charge in [0.2, 0.25) is 5.91 Å². The molecule has 2 aromatic heterocycles. The summed E-state index contributed by atoms with van der Waals surface area (Å²) in [7, 11) is 3.40. The van der Waals surface area contributed by atoms with Crippen molar-refractivity contribution >= 4 is 35.3 Å². The fourth-order valence-corrected chi connectivity index (χ4v) is 5.85. The molecule has 1 aromatic carbocycles. The number of hydrogen-bond acceptors (Lipinski definition) is 7. The van der Waals surface area contributed by atoms with Crippen LogP contribution in [0.25, 0.3) is 11.6 Å². The number of piperazine rings is 1. The number of hydrogen-bond donors (Lipinski definition) is 1. The van der Waals surface area contributed by atoms with Crippen molar-refractivity contribution in [3.8, 4) is 0 Å². The quantitative estimate of drug-likeness (QED) is 0.420. The van der Waals surface area contributed by atoms with Crippen molar-refractivity contribution in [1.82, 2.24) is 29.7 Å². The number of halogens is 1. The smallest absolute Gasteiger partial charge is 0.410 e. The first-order valence-electron chi connectivity index (χ1n) is 14.1. The van der Waals surface area contributed by atoms with Crippen LogP contribution in [0, 0.1) is 0 Å². The summed E-state index contributed by atoms with van der Waals surface area (Å²) >= 11 is 6.62. The second-order valence-corrected chi connectivity index (χ2v) is 11.4. The van der Waals surface area contributed by atoms with Gasteiger partial charge in [-0.3, -0.25) is 14.7 Å². The number of amides is 2. The van der Waals surface area contributed by atoms with E-state index in [2.05, 4.69) is 33.4 Å². The third kappa shape index (κ3) is 6.51. The second kappa shape index (κ2) is 13.1. The summed E-state index contributed by atoms with van der Waals surface area (Å²) in [6.45, 7) is 6.99. The van der Waals surface area contributed by atoms with E-state index in [0.29, 0.717) is 24.7 Å². The fraction of sp³-hybridized carbons (Fsp3) is 0.419. The minimum absolute atomic E-state index is 0.0680. The molecule has 0 spiro atoms. The normalized spacial score (nSPS) is 17.6. The topological polar surface area (TPSA) is 102 Å². The highest BCUT2D eigenvalue weighted by Crippen LogP contribution is 2.43. The van der Waals surface area contributed by atoms with Crippen molar-refractivity contribution in [2.45, 2.75) is 31.9 Å². The van der Waals surface area contributed by atoms with Gasteiger partial charge in [0.05, 0.1) is 36.1 Å². The number of ether oxygens (including phenoxy) is 2. The average molecular weight is 593 g/mol. The SMILES string of the molecule is COCC(=O)N[C@H](C1=Cc2cccnc2[C@@H](CN2CCN(C(=O)OC(C)C)CC2)c2ccc(Cl)cc21)c1cncn1C. The zero-order chi connectivity index (χ0) is 29.8. The molecule has 42 heavy (non-hydrogen) atoms. The van der Waals surface area contributed by atoms with Gasteiger partial charge in [-0.05, 0) is 60.4 Å². The van der Waals surface area contributed by atoms with Gasteiger partial charge in [0, 0.05) is 64.0 Å². The van der Waals surface area contributed by atoms with Gasteiger partial charge >= 0.3 is 6.09 Å². The number of methoxy groups -OCH3 is 1. The van der Waals surface area contributed by atoms with Crippen molar-refractivity contribution in [2.75, 3.05) is 46.4 Å². The molecular formula is C31H37ClN6O4. The lowest BCUT2D eigenvalue weighted by molar-refractivity contribution is -0.125. The fourth-order valence-electron chi connectivity index (χ4n) is 5.68. The Labute approximate surface area is 251 Å².